The van der Waals surface area contributed by atoms with Crippen LogP contribution in [0.5, 0.6) is 5.75 Å². The van der Waals surface area contributed by atoms with Gasteiger partial charge in [0.25, 0.3) is 0 Å². The van der Waals surface area contributed by atoms with Gasteiger partial charge in [-0.3, -0.25) is 0 Å². The average molecular weight is 473 g/mol. The molecule has 0 heterocycles. The highest BCUT2D eigenvalue weighted by Gasteiger charge is 2.26. The highest BCUT2D eigenvalue weighted by Crippen LogP contribution is 2.47. The summed E-state index contributed by atoms with van der Waals surface area (Å²) in [6, 6.07) is 9.79. The average Bonchev–Trinajstić information content (AvgIpc) is 2.69. The van der Waals surface area contributed by atoms with Crippen molar-refractivity contribution in [1.29, 1.82) is 5.26 Å². The number of nitroso groups, excluding NO2 is 1. The number of nitrogens with zero attached hydrogens (tertiary/aromatic N) is 2. The zero-order valence-electron chi connectivity index (χ0n) is 20.0. The number of aliphatic hydroxyl groups excluding tert-OH is 1. The molecular weight excluding hydrogens is 440 g/mol. The van der Waals surface area contributed by atoms with Crippen LogP contribution >= 0.6 is 21.6 Å². The fraction of sp³-hybridized carbons (Fsp3) is 0.480. The van der Waals surface area contributed by atoms with E-state index in [-0.39, 0.29) is 16.6 Å². The number of hydrogen-bond acceptors (Lipinski definition) is 7. The summed E-state index contributed by atoms with van der Waals surface area (Å²) in [5, 5.41) is 33.7. The normalized spacial score (nSPS) is 14.0. The van der Waals surface area contributed by atoms with Gasteiger partial charge in [0.2, 0.25) is 0 Å². The van der Waals surface area contributed by atoms with Crippen molar-refractivity contribution in [3.8, 4) is 11.8 Å². The van der Waals surface area contributed by atoms with Crippen molar-refractivity contribution < 1.29 is 10.2 Å². The van der Waals surface area contributed by atoms with Crippen LogP contribution in [-0.2, 0) is 10.8 Å². The van der Waals surface area contributed by atoms with E-state index in [4.69, 9.17) is 0 Å². The third kappa shape index (κ3) is 5.86. The summed E-state index contributed by atoms with van der Waals surface area (Å²) in [5.41, 5.74) is 2.40. The van der Waals surface area contributed by atoms with Gasteiger partial charge in [0, 0.05) is 26.5 Å². The lowest BCUT2D eigenvalue weighted by Crippen LogP contribution is -2.13. The number of phenolic OH excluding ortho intramolecular Hbond substituents is 1. The van der Waals surface area contributed by atoms with Gasteiger partial charge in [-0.25, -0.2) is 0 Å². The molecule has 2 atom stereocenters. The van der Waals surface area contributed by atoms with Gasteiger partial charge in [0.05, 0.1) is 18.1 Å². The van der Waals surface area contributed by atoms with Crippen LogP contribution in [0.25, 0.3) is 0 Å². The lowest BCUT2D eigenvalue weighted by Gasteiger charge is -2.24. The van der Waals surface area contributed by atoms with E-state index in [2.05, 4.69) is 11.2 Å². The third-order valence-electron chi connectivity index (χ3n) is 5.28. The van der Waals surface area contributed by atoms with E-state index in [1.807, 2.05) is 59.7 Å². The molecule has 2 rings (SSSR count). The Hall–Kier alpha value is -2.01. The van der Waals surface area contributed by atoms with Crippen LogP contribution in [0.15, 0.2) is 39.2 Å². The van der Waals surface area contributed by atoms with Gasteiger partial charge in [-0.2, -0.15) is 5.26 Å². The van der Waals surface area contributed by atoms with E-state index in [1.165, 1.54) is 21.6 Å². The number of benzene rings is 2. The standard InChI is InChI=1S/C25H32N2O3S2/c1-14(13-26)18-9-16(12-21(23(18)29)25(6,7)8)31-32-17-10-19(15(2)28)22(27-30)20(11-17)24(3,4)5/h9-12,14-15,28-29H,1-8H3. The van der Waals surface area contributed by atoms with Gasteiger partial charge in [0.15, 0.2) is 0 Å². The summed E-state index contributed by atoms with van der Waals surface area (Å²) >= 11 is 0. The fourth-order valence-corrected chi connectivity index (χ4v) is 5.44. The Morgan fingerprint density at radius 1 is 0.906 bits per heavy atom. The van der Waals surface area contributed by atoms with Crippen LogP contribution in [-0.4, -0.2) is 10.2 Å². The Balaban J connectivity index is 2.53. The molecule has 0 saturated carbocycles. The first-order valence-corrected chi connectivity index (χ1v) is 12.7. The van der Waals surface area contributed by atoms with Gasteiger partial charge >= 0.3 is 0 Å². The molecule has 2 N–H and O–H groups in total. The maximum absolute atomic E-state index is 11.6. The van der Waals surface area contributed by atoms with Gasteiger partial charge in [0.1, 0.15) is 11.4 Å². The molecule has 0 bridgehead atoms. The predicted molar refractivity (Wildman–Crippen MR) is 134 cm³/mol. The highest BCUT2D eigenvalue weighted by atomic mass is 33.1. The van der Waals surface area contributed by atoms with Crippen molar-refractivity contribution in [2.24, 2.45) is 5.18 Å². The molecule has 0 amide bonds. The summed E-state index contributed by atoms with van der Waals surface area (Å²) in [6.45, 7) is 15.5. The first-order chi connectivity index (χ1) is 14.7. The Labute approximate surface area is 199 Å². The van der Waals surface area contributed by atoms with Crippen molar-refractivity contribution in [3.63, 3.8) is 0 Å². The first-order valence-electron chi connectivity index (χ1n) is 10.5. The topological polar surface area (TPSA) is 93.7 Å². The third-order valence-corrected chi connectivity index (χ3v) is 7.62. The molecule has 5 nitrogen and oxygen atoms in total. The van der Waals surface area contributed by atoms with Gasteiger partial charge < -0.3 is 10.2 Å². The zero-order chi connectivity index (χ0) is 24.4. The minimum Gasteiger partial charge on any atom is -0.507 e. The zero-order valence-corrected chi connectivity index (χ0v) is 21.6. The molecule has 2 aromatic rings. The number of aromatic hydroxyl groups is 1. The predicted octanol–water partition coefficient (Wildman–Crippen LogP) is 7.86. The van der Waals surface area contributed by atoms with Gasteiger partial charge in [-0.05, 0) is 59.7 Å². The van der Waals surface area contributed by atoms with Gasteiger partial charge in [-0.15, -0.1) is 4.91 Å². The van der Waals surface area contributed by atoms with E-state index in [1.54, 1.807) is 19.9 Å². The molecule has 0 aliphatic heterocycles. The minimum atomic E-state index is -0.821. The second kappa shape index (κ2) is 9.86. The molecule has 0 aliphatic rings. The molecule has 0 spiro atoms. The molecule has 0 aromatic heterocycles. The number of rotatable bonds is 6. The van der Waals surface area contributed by atoms with Crippen LogP contribution in [0.4, 0.5) is 5.69 Å². The Kier molecular flexibility index (Phi) is 8.09. The van der Waals surface area contributed by atoms with Crippen molar-refractivity contribution >= 4 is 27.3 Å². The quantitative estimate of drug-likeness (QED) is 0.328. The first kappa shape index (κ1) is 26.2. The van der Waals surface area contributed by atoms with E-state index >= 15 is 0 Å². The minimum absolute atomic E-state index is 0.175. The second-order valence-corrected chi connectivity index (χ2v) is 12.4. The maximum atomic E-state index is 11.6. The lowest BCUT2D eigenvalue weighted by molar-refractivity contribution is 0.199. The highest BCUT2D eigenvalue weighted by molar-refractivity contribution is 8.76. The van der Waals surface area contributed by atoms with Crippen molar-refractivity contribution in [2.45, 2.75) is 88.0 Å². The molecule has 0 saturated heterocycles. The monoisotopic (exact) mass is 472 g/mol. The molecule has 0 radical (unpaired) electrons. The fourth-order valence-electron chi connectivity index (χ4n) is 3.41. The van der Waals surface area contributed by atoms with Crippen molar-refractivity contribution in [1.82, 2.24) is 0 Å². The molecule has 0 aliphatic carbocycles. The SMILES string of the molecule is CC(O)c1cc(SSc2cc(C(C)C#N)c(O)c(C(C)(C)C)c2)cc(C(C)(C)C)c1N=O. The molecule has 7 heteroatoms. The van der Waals surface area contributed by atoms with Crippen LogP contribution in [0.2, 0.25) is 0 Å². The summed E-state index contributed by atoms with van der Waals surface area (Å²) < 4.78 is 0. The summed E-state index contributed by atoms with van der Waals surface area (Å²) in [4.78, 5) is 13.4. The van der Waals surface area contributed by atoms with E-state index in [0.29, 0.717) is 16.8 Å². The van der Waals surface area contributed by atoms with Crippen LogP contribution in [0.3, 0.4) is 0 Å². The van der Waals surface area contributed by atoms with Crippen LogP contribution < -0.4 is 0 Å². The molecule has 32 heavy (non-hydrogen) atoms. The molecule has 2 aromatic carbocycles. The van der Waals surface area contributed by atoms with E-state index in [0.717, 1.165) is 20.9 Å². The van der Waals surface area contributed by atoms with E-state index < -0.39 is 12.0 Å². The largest absolute Gasteiger partial charge is 0.507 e. The molecule has 172 valence electrons. The lowest BCUT2D eigenvalue weighted by atomic mass is 9.83. The van der Waals surface area contributed by atoms with Gasteiger partial charge in [-0.1, -0.05) is 63.1 Å². The number of hydrogen-bond donors (Lipinski definition) is 2. The smallest absolute Gasteiger partial charge is 0.123 e. The Morgan fingerprint density at radius 2 is 1.38 bits per heavy atom. The molecule has 2 unspecified atom stereocenters. The molecular formula is C25H32N2O3S2. The Morgan fingerprint density at radius 3 is 1.78 bits per heavy atom. The van der Waals surface area contributed by atoms with Crippen molar-refractivity contribution in [3.05, 3.63) is 51.4 Å². The number of nitriles is 1. The maximum Gasteiger partial charge on any atom is 0.123 e. The summed E-state index contributed by atoms with van der Waals surface area (Å²) in [5.74, 6) is -0.261. The van der Waals surface area contributed by atoms with Crippen LogP contribution in [0.1, 0.15) is 89.7 Å². The van der Waals surface area contributed by atoms with E-state index in [9.17, 15) is 20.4 Å². The van der Waals surface area contributed by atoms with Crippen molar-refractivity contribution in [2.75, 3.05) is 0 Å². The number of phenols is 1. The molecule has 0 fully saturated rings. The summed E-state index contributed by atoms with van der Waals surface area (Å²) in [6.07, 6.45) is -0.821. The van der Waals surface area contributed by atoms with Crippen LogP contribution in [0, 0.1) is 16.2 Å². The summed E-state index contributed by atoms with van der Waals surface area (Å²) in [7, 11) is 3.02. The Bertz CT molecular complexity index is 1050. The number of aliphatic hydroxyl groups is 1. The second-order valence-electron chi connectivity index (χ2n) is 10.1.